The molecule has 86 valence electrons. The van der Waals surface area contributed by atoms with E-state index in [0.717, 1.165) is 5.56 Å². The van der Waals surface area contributed by atoms with E-state index in [-0.39, 0.29) is 5.92 Å². The topological polar surface area (TPSA) is 42.2 Å². The van der Waals surface area contributed by atoms with Gasteiger partial charge >= 0.3 is 0 Å². The molecule has 0 aliphatic rings. The van der Waals surface area contributed by atoms with E-state index in [9.17, 15) is 0 Å². The Balaban J connectivity index is 3.56. The first-order valence-corrected chi connectivity index (χ1v) is 5.29. The number of hydrogen-bond acceptors (Lipinski definition) is 3. The quantitative estimate of drug-likeness (QED) is 0.812. The average molecular weight is 240 g/mol. The summed E-state index contributed by atoms with van der Waals surface area (Å²) in [7, 11) is 3.05. The van der Waals surface area contributed by atoms with Crippen LogP contribution in [0.3, 0.4) is 0 Å². The van der Waals surface area contributed by atoms with Gasteiger partial charge in [-0.15, -0.1) is 0 Å². The van der Waals surface area contributed by atoms with Crippen LogP contribution in [0.2, 0.25) is 5.02 Å². The maximum Gasteiger partial charge on any atom is 0.179 e. The fourth-order valence-corrected chi connectivity index (χ4v) is 2.11. The van der Waals surface area contributed by atoms with Gasteiger partial charge in [-0.05, 0) is 11.5 Å². The summed E-state index contributed by atoms with van der Waals surface area (Å²) in [6, 6.07) is 3.78. The third-order valence-electron chi connectivity index (χ3n) is 2.35. The molecule has 0 saturated heterocycles. The Labute approximate surface area is 101 Å². The van der Waals surface area contributed by atoms with Crippen LogP contribution in [0.1, 0.15) is 30.9 Å². The Bertz CT molecular complexity index is 436. The SMILES string of the molecule is COc1cc(C#N)c(C(C)C)c(Cl)c1OC. The second kappa shape index (κ2) is 5.09. The molecule has 0 radical (unpaired) electrons. The fraction of sp³-hybridized carbons (Fsp3) is 0.417. The van der Waals surface area contributed by atoms with Gasteiger partial charge in [-0.25, -0.2) is 0 Å². The molecular weight excluding hydrogens is 226 g/mol. The normalized spacial score (nSPS) is 10.1. The molecule has 1 aromatic carbocycles. The Hall–Kier alpha value is -1.40. The van der Waals surface area contributed by atoms with Gasteiger partial charge in [0.2, 0.25) is 0 Å². The van der Waals surface area contributed by atoms with Crippen molar-refractivity contribution in [1.82, 2.24) is 0 Å². The van der Waals surface area contributed by atoms with Crippen molar-refractivity contribution in [3.8, 4) is 17.6 Å². The largest absolute Gasteiger partial charge is 0.493 e. The van der Waals surface area contributed by atoms with Crippen molar-refractivity contribution in [3.05, 3.63) is 22.2 Å². The molecule has 0 aliphatic heterocycles. The Morgan fingerprint density at radius 3 is 2.31 bits per heavy atom. The van der Waals surface area contributed by atoms with E-state index in [1.807, 2.05) is 13.8 Å². The van der Waals surface area contributed by atoms with E-state index in [1.54, 1.807) is 6.07 Å². The number of rotatable bonds is 3. The summed E-state index contributed by atoms with van der Waals surface area (Å²) in [5, 5.41) is 9.52. The van der Waals surface area contributed by atoms with E-state index >= 15 is 0 Å². The minimum Gasteiger partial charge on any atom is -0.493 e. The van der Waals surface area contributed by atoms with Crippen LogP contribution in [0, 0.1) is 11.3 Å². The predicted molar refractivity (Wildman–Crippen MR) is 63.4 cm³/mol. The van der Waals surface area contributed by atoms with Crippen molar-refractivity contribution in [3.63, 3.8) is 0 Å². The molecule has 0 N–H and O–H groups in total. The molecule has 0 fully saturated rings. The van der Waals surface area contributed by atoms with Crippen LogP contribution in [-0.4, -0.2) is 14.2 Å². The molecule has 0 saturated carbocycles. The predicted octanol–water partition coefficient (Wildman–Crippen LogP) is 3.35. The van der Waals surface area contributed by atoms with Crippen LogP contribution >= 0.6 is 11.6 Å². The van der Waals surface area contributed by atoms with Crippen molar-refractivity contribution >= 4 is 11.6 Å². The van der Waals surface area contributed by atoms with Gasteiger partial charge < -0.3 is 9.47 Å². The van der Waals surface area contributed by atoms with E-state index in [4.69, 9.17) is 26.3 Å². The van der Waals surface area contributed by atoms with Gasteiger partial charge in [0, 0.05) is 6.07 Å². The summed E-state index contributed by atoms with van der Waals surface area (Å²) >= 11 is 6.22. The Morgan fingerprint density at radius 2 is 1.94 bits per heavy atom. The first-order chi connectivity index (χ1) is 7.56. The zero-order valence-corrected chi connectivity index (χ0v) is 10.6. The van der Waals surface area contributed by atoms with Crippen LogP contribution in [0.5, 0.6) is 11.5 Å². The van der Waals surface area contributed by atoms with Gasteiger partial charge in [0.15, 0.2) is 11.5 Å². The number of nitrogens with zero attached hydrogens (tertiary/aromatic N) is 1. The highest BCUT2D eigenvalue weighted by Crippen LogP contribution is 2.42. The number of ether oxygens (including phenoxy) is 2. The average Bonchev–Trinajstić information content (AvgIpc) is 2.26. The van der Waals surface area contributed by atoms with Crippen LogP contribution in [0.25, 0.3) is 0 Å². The fourth-order valence-electron chi connectivity index (χ4n) is 1.62. The van der Waals surface area contributed by atoms with Crippen LogP contribution < -0.4 is 9.47 Å². The van der Waals surface area contributed by atoms with Crippen LogP contribution in [0.15, 0.2) is 6.07 Å². The number of methoxy groups -OCH3 is 2. The van der Waals surface area contributed by atoms with E-state index in [0.29, 0.717) is 22.1 Å². The second-order valence-electron chi connectivity index (χ2n) is 3.65. The van der Waals surface area contributed by atoms with E-state index < -0.39 is 0 Å². The van der Waals surface area contributed by atoms with Crippen molar-refractivity contribution in [2.45, 2.75) is 19.8 Å². The third-order valence-corrected chi connectivity index (χ3v) is 2.72. The first kappa shape index (κ1) is 12.7. The molecular formula is C12H14ClNO2. The summed E-state index contributed by atoms with van der Waals surface area (Å²) in [5.74, 6) is 1.11. The molecule has 0 unspecified atom stereocenters. The highest BCUT2D eigenvalue weighted by molar-refractivity contribution is 6.33. The molecule has 0 heterocycles. The highest BCUT2D eigenvalue weighted by atomic mass is 35.5. The number of nitriles is 1. The molecule has 0 atom stereocenters. The standard InChI is InChI=1S/C12H14ClNO2/c1-7(2)10-8(6-14)5-9(15-3)12(16-4)11(10)13/h5,7H,1-4H3. The Morgan fingerprint density at radius 1 is 1.31 bits per heavy atom. The molecule has 0 aliphatic carbocycles. The summed E-state index contributed by atoms with van der Waals surface area (Å²) in [5.41, 5.74) is 1.32. The second-order valence-corrected chi connectivity index (χ2v) is 4.03. The van der Waals surface area contributed by atoms with Gasteiger partial charge in [0.25, 0.3) is 0 Å². The van der Waals surface area contributed by atoms with Gasteiger partial charge in [-0.2, -0.15) is 5.26 Å². The summed E-state index contributed by atoms with van der Waals surface area (Å²) in [4.78, 5) is 0. The molecule has 0 aromatic heterocycles. The molecule has 0 amide bonds. The molecule has 1 aromatic rings. The lowest BCUT2D eigenvalue weighted by molar-refractivity contribution is 0.354. The molecule has 3 nitrogen and oxygen atoms in total. The van der Waals surface area contributed by atoms with Gasteiger partial charge in [-0.1, -0.05) is 25.4 Å². The van der Waals surface area contributed by atoms with Crippen molar-refractivity contribution in [2.24, 2.45) is 0 Å². The van der Waals surface area contributed by atoms with Crippen molar-refractivity contribution < 1.29 is 9.47 Å². The lowest BCUT2D eigenvalue weighted by Crippen LogP contribution is -2.00. The number of halogens is 1. The molecule has 0 spiro atoms. The molecule has 1 rings (SSSR count). The number of hydrogen-bond donors (Lipinski definition) is 0. The third kappa shape index (κ3) is 2.07. The van der Waals surface area contributed by atoms with Crippen LogP contribution in [-0.2, 0) is 0 Å². The maximum atomic E-state index is 9.07. The van der Waals surface area contributed by atoms with Crippen molar-refractivity contribution in [1.29, 1.82) is 5.26 Å². The van der Waals surface area contributed by atoms with Gasteiger partial charge in [-0.3, -0.25) is 0 Å². The minimum absolute atomic E-state index is 0.155. The molecule has 0 bridgehead atoms. The first-order valence-electron chi connectivity index (χ1n) is 4.91. The van der Waals surface area contributed by atoms with Gasteiger partial charge in [0.05, 0.1) is 30.9 Å². The molecule has 16 heavy (non-hydrogen) atoms. The maximum absolute atomic E-state index is 9.07. The summed E-state index contributed by atoms with van der Waals surface area (Å²) in [6.07, 6.45) is 0. The smallest absolute Gasteiger partial charge is 0.179 e. The monoisotopic (exact) mass is 239 g/mol. The van der Waals surface area contributed by atoms with E-state index in [2.05, 4.69) is 6.07 Å². The van der Waals surface area contributed by atoms with Crippen LogP contribution in [0.4, 0.5) is 0 Å². The zero-order chi connectivity index (χ0) is 12.3. The van der Waals surface area contributed by atoms with E-state index in [1.165, 1.54) is 14.2 Å². The lowest BCUT2D eigenvalue weighted by atomic mass is 9.97. The minimum atomic E-state index is 0.155. The summed E-state index contributed by atoms with van der Waals surface area (Å²) in [6.45, 7) is 3.96. The Kier molecular flexibility index (Phi) is 4.03. The summed E-state index contributed by atoms with van der Waals surface area (Å²) < 4.78 is 10.3. The van der Waals surface area contributed by atoms with Crippen molar-refractivity contribution in [2.75, 3.05) is 14.2 Å². The lowest BCUT2D eigenvalue weighted by Gasteiger charge is -2.16. The molecule has 4 heteroatoms. The van der Waals surface area contributed by atoms with Gasteiger partial charge in [0.1, 0.15) is 0 Å². The highest BCUT2D eigenvalue weighted by Gasteiger charge is 2.19. The zero-order valence-electron chi connectivity index (χ0n) is 9.80. The number of benzene rings is 1.